The SMILES string of the molecule is Cc1cc(C(=O)N(Cc2cccnc2)c2nc3c(C)c(Cl)ccc3s2)c(C)o1. The summed E-state index contributed by atoms with van der Waals surface area (Å²) in [5, 5.41) is 1.28. The normalized spacial score (nSPS) is 11.1. The van der Waals surface area contributed by atoms with E-state index in [0.29, 0.717) is 33.8 Å². The fourth-order valence-electron chi connectivity index (χ4n) is 3.09. The van der Waals surface area contributed by atoms with Gasteiger partial charge in [-0.3, -0.25) is 14.7 Å². The molecule has 7 heteroatoms. The number of rotatable bonds is 4. The highest BCUT2D eigenvalue weighted by Crippen LogP contribution is 2.35. The monoisotopic (exact) mass is 411 g/mol. The average molecular weight is 412 g/mol. The van der Waals surface area contributed by atoms with Crippen molar-refractivity contribution in [1.82, 2.24) is 9.97 Å². The molecule has 0 fully saturated rings. The van der Waals surface area contributed by atoms with Crippen LogP contribution in [0.2, 0.25) is 5.02 Å². The van der Waals surface area contributed by atoms with E-state index < -0.39 is 0 Å². The van der Waals surface area contributed by atoms with Gasteiger partial charge in [0.05, 0.1) is 22.3 Å². The van der Waals surface area contributed by atoms with Crippen molar-refractivity contribution in [3.63, 3.8) is 0 Å². The van der Waals surface area contributed by atoms with E-state index in [1.165, 1.54) is 11.3 Å². The summed E-state index contributed by atoms with van der Waals surface area (Å²) in [6.45, 7) is 5.93. The van der Waals surface area contributed by atoms with E-state index in [1.807, 2.05) is 38.1 Å². The second-order valence-corrected chi connectivity index (χ2v) is 8.01. The number of nitrogens with zero attached hydrogens (tertiary/aromatic N) is 3. The zero-order chi connectivity index (χ0) is 19.8. The molecule has 3 aromatic heterocycles. The van der Waals surface area contributed by atoms with Crippen molar-refractivity contribution in [3.05, 3.63) is 76.0 Å². The Kier molecular flexibility index (Phi) is 4.91. The van der Waals surface area contributed by atoms with Crippen LogP contribution in [-0.2, 0) is 6.54 Å². The number of hydrogen-bond acceptors (Lipinski definition) is 5. The summed E-state index contributed by atoms with van der Waals surface area (Å²) >= 11 is 7.72. The van der Waals surface area contributed by atoms with Crippen molar-refractivity contribution in [2.45, 2.75) is 27.3 Å². The number of anilines is 1. The van der Waals surface area contributed by atoms with E-state index >= 15 is 0 Å². The number of carbonyl (C=O) groups excluding carboxylic acids is 1. The third-order valence-corrected chi connectivity index (χ3v) is 6.00. The van der Waals surface area contributed by atoms with Crippen LogP contribution < -0.4 is 4.90 Å². The van der Waals surface area contributed by atoms with E-state index in [4.69, 9.17) is 21.0 Å². The lowest BCUT2D eigenvalue weighted by molar-refractivity contribution is 0.0983. The molecule has 1 aromatic carbocycles. The Bertz CT molecular complexity index is 1170. The van der Waals surface area contributed by atoms with Crippen LogP contribution in [0, 0.1) is 20.8 Å². The topological polar surface area (TPSA) is 59.2 Å². The van der Waals surface area contributed by atoms with Gasteiger partial charge in [-0.05, 0) is 56.2 Å². The standard InChI is InChI=1S/C21H18ClN3O2S/c1-12-9-16(14(3)27-12)20(26)25(11-15-5-4-8-23-10-15)21-24-19-13(2)17(22)6-7-18(19)28-21/h4-10H,11H2,1-3H3. The summed E-state index contributed by atoms with van der Waals surface area (Å²) in [5.41, 5.74) is 3.18. The second-order valence-electron chi connectivity index (χ2n) is 6.60. The summed E-state index contributed by atoms with van der Waals surface area (Å²) in [6, 6.07) is 9.36. The van der Waals surface area contributed by atoms with Gasteiger partial charge >= 0.3 is 0 Å². The van der Waals surface area contributed by atoms with Crippen LogP contribution in [-0.4, -0.2) is 15.9 Å². The summed E-state index contributed by atoms with van der Waals surface area (Å²) in [5.74, 6) is 1.15. The van der Waals surface area contributed by atoms with E-state index in [1.54, 1.807) is 30.3 Å². The smallest absolute Gasteiger partial charge is 0.263 e. The number of carbonyl (C=O) groups is 1. The predicted molar refractivity (Wildman–Crippen MR) is 112 cm³/mol. The third-order valence-electron chi connectivity index (χ3n) is 4.55. The Morgan fingerprint density at radius 1 is 1.25 bits per heavy atom. The van der Waals surface area contributed by atoms with Gasteiger partial charge in [-0.15, -0.1) is 0 Å². The zero-order valence-electron chi connectivity index (χ0n) is 15.7. The van der Waals surface area contributed by atoms with E-state index in [2.05, 4.69) is 4.98 Å². The molecule has 142 valence electrons. The summed E-state index contributed by atoms with van der Waals surface area (Å²) in [4.78, 5) is 24.0. The number of furan rings is 1. The highest BCUT2D eigenvalue weighted by molar-refractivity contribution is 7.22. The average Bonchev–Trinajstić information content (AvgIpc) is 3.26. The number of aromatic nitrogens is 2. The summed E-state index contributed by atoms with van der Waals surface area (Å²) < 4.78 is 6.56. The molecule has 0 unspecified atom stereocenters. The molecule has 0 saturated carbocycles. The minimum atomic E-state index is -0.152. The maximum atomic E-state index is 13.4. The van der Waals surface area contributed by atoms with Crippen molar-refractivity contribution >= 4 is 44.2 Å². The number of hydrogen-bond donors (Lipinski definition) is 0. The number of fused-ring (bicyclic) bond motifs is 1. The molecular formula is C21H18ClN3O2S. The minimum Gasteiger partial charge on any atom is -0.466 e. The highest BCUT2D eigenvalue weighted by atomic mass is 35.5. The Morgan fingerprint density at radius 3 is 2.75 bits per heavy atom. The Labute approximate surface area is 171 Å². The Hall–Kier alpha value is -2.70. The van der Waals surface area contributed by atoms with Crippen molar-refractivity contribution in [1.29, 1.82) is 0 Å². The van der Waals surface area contributed by atoms with Crippen LogP contribution in [0.5, 0.6) is 0 Å². The first-order valence-electron chi connectivity index (χ1n) is 8.77. The molecule has 3 heterocycles. The number of amides is 1. The highest BCUT2D eigenvalue weighted by Gasteiger charge is 2.25. The van der Waals surface area contributed by atoms with Gasteiger partial charge in [0.1, 0.15) is 11.5 Å². The maximum absolute atomic E-state index is 13.4. The van der Waals surface area contributed by atoms with Crippen molar-refractivity contribution < 1.29 is 9.21 Å². The second kappa shape index (κ2) is 7.37. The number of pyridine rings is 1. The molecule has 0 radical (unpaired) electrons. The van der Waals surface area contributed by atoms with Gasteiger partial charge < -0.3 is 4.42 Å². The van der Waals surface area contributed by atoms with Crippen LogP contribution in [0.1, 0.15) is 33.0 Å². The first-order chi connectivity index (χ1) is 13.4. The van der Waals surface area contributed by atoms with Gasteiger partial charge in [-0.1, -0.05) is 29.0 Å². The molecular weight excluding hydrogens is 394 g/mol. The molecule has 0 bridgehead atoms. The Balaban J connectivity index is 1.82. The van der Waals surface area contributed by atoms with Gasteiger partial charge in [-0.2, -0.15) is 0 Å². The van der Waals surface area contributed by atoms with Gasteiger partial charge in [0.2, 0.25) is 0 Å². The quantitative estimate of drug-likeness (QED) is 0.431. The largest absolute Gasteiger partial charge is 0.466 e. The molecule has 4 aromatic rings. The molecule has 4 rings (SSSR count). The first kappa shape index (κ1) is 18.7. The molecule has 0 aliphatic rings. The number of aryl methyl sites for hydroxylation is 3. The lowest BCUT2D eigenvalue weighted by Crippen LogP contribution is -2.30. The molecule has 0 saturated heterocycles. The van der Waals surface area contributed by atoms with Crippen molar-refractivity contribution in [3.8, 4) is 0 Å². The summed E-state index contributed by atoms with van der Waals surface area (Å²) in [7, 11) is 0. The predicted octanol–water partition coefficient (Wildman–Crippen LogP) is 5.71. The van der Waals surface area contributed by atoms with Crippen LogP contribution in [0.4, 0.5) is 5.13 Å². The lowest BCUT2D eigenvalue weighted by atomic mass is 10.2. The molecule has 0 aliphatic heterocycles. The van der Waals surface area contributed by atoms with Crippen LogP contribution in [0.3, 0.4) is 0 Å². The number of benzene rings is 1. The maximum Gasteiger partial charge on any atom is 0.263 e. The van der Waals surface area contributed by atoms with Crippen molar-refractivity contribution in [2.75, 3.05) is 4.90 Å². The van der Waals surface area contributed by atoms with Gasteiger partial charge in [0, 0.05) is 17.4 Å². The fourth-order valence-corrected chi connectivity index (χ4v) is 4.27. The fraction of sp³-hybridized carbons (Fsp3) is 0.190. The van der Waals surface area contributed by atoms with Crippen LogP contribution in [0.15, 0.2) is 47.1 Å². The van der Waals surface area contributed by atoms with Gasteiger partial charge in [0.25, 0.3) is 5.91 Å². The molecule has 5 nitrogen and oxygen atoms in total. The Morgan fingerprint density at radius 2 is 2.07 bits per heavy atom. The first-order valence-corrected chi connectivity index (χ1v) is 9.97. The van der Waals surface area contributed by atoms with E-state index in [0.717, 1.165) is 21.3 Å². The minimum absolute atomic E-state index is 0.152. The number of thiazole rings is 1. The van der Waals surface area contributed by atoms with E-state index in [9.17, 15) is 4.79 Å². The third kappa shape index (κ3) is 3.41. The molecule has 0 atom stereocenters. The molecule has 0 N–H and O–H groups in total. The molecule has 0 aliphatic carbocycles. The van der Waals surface area contributed by atoms with Gasteiger partial charge in [-0.25, -0.2) is 4.98 Å². The number of halogens is 1. The van der Waals surface area contributed by atoms with Crippen LogP contribution in [0.25, 0.3) is 10.2 Å². The van der Waals surface area contributed by atoms with E-state index in [-0.39, 0.29) is 5.91 Å². The molecule has 1 amide bonds. The summed E-state index contributed by atoms with van der Waals surface area (Å²) in [6.07, 6.45) is 3.46. The van der Waals surface area contributed by atoms with Crippen LogP contribution >= 0.6 is 22.9 Å². The van der Waals surface area contributed by atoms with Crippen molar-refractivity contribution in [2.24, 2.45) is 0 Å². The van der Waals surface area contributed by atoms with Gasteiger partial charge in [0.15, 0.2) is 5.13 Å². The molecule has 28 heavy (non-hydrogen) atoms. The molecule has 0 spiro atoms. The lowest BCUT2D eigenvalue weighted by Gasteiger charge is -2.19. The zero-order valence-corrected chi connectivity index (χ0v) is 17.3.